The van der Waals surface area contributed by atoms with Crippen LogP contribution in [-0.2, 0) is 0 Å². The van der Waals surface area contributed by atoms with Crippen LogP contribution in [0.15, 0.2) is 76.8 Å². The van der Waals surface area contributed by atoms with Gasteiger partial charge in [0.2, 0.25) is 5.88 Å². The van der Waals surface area contributed by atoms with Crippen molar-refractivity contribution in [3.05, 3.63) is 88.9 Å². The van der Waals surface area contributed by atoms with Crippen molar-refractivity contribution in [1.29, 1.82) is 0 Å². The maximum Gasteiger partial charge on any atom is 0.260 e. The first kappa shape index (κ1) is 17.0. The summed E-state index contributed by atoms with van der Waals surface area (Å²) in [6.07, 6.45) is 1.64. The van der Waals surface area contributed by atoms with Crippen molar-refractivity contribution in [1.82, 2.24) is 15.5 Å². The van der Waals surface area contributed by atoms with Crippen LogP contribution >= 0.6 is 11.3 Å². The summed E-state index contributed by atoms with van der Waals surface area (Å²) in [7, 11) is 0. The summed E-state index contributed by atoms with van der Waals surface area (Å²) in [6.45, 7) is 0. The van der Waals surface area contributed by atoms with Crippen molar-refractivity contribution in [2.45, 2.75) is 6.04 Å². The number of nitrogen functional groups attached to an aromatic ring is 1. The lowest BCUT2D eigenvalue weighted by molar-refractivity contribution is 0.0944. The first-order chi connectivity index (χ1) is 13.2. The largest absolute Gasteiger partial charge is 0.367 e. The molecule has 0 saturated heterocycles. The van der Waals surface area contributed by atoms with Gasteiger partial charge in [0, 0.05) is 11.6 Å². The van der Waals surface area contributed by atoms with Crippen LogP contribution < -0.4 is 11.1 Å². The van der Waals surface area contributed by atoms with Crippen LogP contribution in [0.1, 0.15) is 27.5 Å². The Morgan fingerprint density at radius 3 is 2.22 bits per heavy atom. The lowest BCUT2D eigenvalue weighted by atomic mass is 9.98. The number of anilines is 1. The number of thiazole rings is 1. The third-order valence-corrected chi connectivity index (χ3v) is 4.90. The quantitative estimate of drug-likeness (QED) is 0.551. The smallest absolute Gasteiger partial charge is 0.260 e. The fourth-order valence-corrected chi connectivity index (χ4v) is 3.49. The van der Waals surface area contributed by atoms with Crippen LogP contribution in [0, 0.1) is 0 Å². The lowest BCUT2D eigenvalue weighted by Crippen LogP contribution is -2.30. The molecule has 27 heavy (non-hydrogen) atoms. The van der Waals surface area contributed by atoms with E-state index < -0.39 is 0 Å². The lowest BCUT2D eigenvalue weighted by Gasteiger charge is -2.19. The Kier molecular flexibility index (Phi) is 4.67. The second-order valence-corrected chi connectivity index (χ2v) is 6.73. The summed E-state index contributed by atoms with van der Waals surface area (Å²) in [4.78, 5) is 17.3. The Hall–Kier alpha value is -3.45. The minimum absolute atomic E-state index is 0.0300. The summed E-state index contributed by atoms with van der Waals surface area (Å²) in [5.41, 5.74) is 8.35. The van der Waals surface area contributed by atoms with Gasteiger partial charge in [-0.1, -0.05) is 65.8 Å². The molecule has 0 aliphatic rings. The van der Waals surface area contributed by atoms with Crippen molar-refractivity contribution in [2.24, 2.45) is 0 Å². The fourth-order valence-electron chi connectivity index (χ4n) is 2.86. The number of hydrogen-bond donors (Lipinski definition) is 2. The Morgan fingerprint density at radius 2 is 1.67 bits per heavy atom. The molecule has 3 N–H and O–H groups in total. The van der Waals surface area contributed by atoms with Crippen LogP contribution in [0.2, 0.25) is 0 Å². The van der Waals surface area contributed by atoms with Gasteiger partial charge in [0.1, 0.15) is 10.6 Å². The number of carbonyl (C=O) groups excluding carboxylic acids is 1. The second kappa shape index (κ2) is 7.43. The summed E-state index contributed by atoms with van der Waals surface area (Å²) in [5, 5.41) is 9.36. The molecule has 2 aromatic heterocycles. The first-order valence-electron chi connectivity index (χ1n) is 8.30. The fraction of sp³-hybridized carbons (Fsp3) is 0.0500. The van der Waals surface area contributed by atoms with E-state index in [-0.39, 0.29) is 23.4 Å². The number of nitrogens with one attached hydrogen (secondary N) is 1. The van der Waals surface area contributed by atoms with Crippen LogP contribution in [-0.4, -0.2) is 16.0 Å². The molecule has 0 aliphatic heterocycles. The maximum atomic E-state index is 13.1. The first-order valence-corrected chi connectivity index (χ1v) is 9.18. The van der Waals surface area contributed by atoms with Crippen LogP contribution in [0.25, 0.3) is 10.7 Å². The maximum absolute atomic E-state index is 13.1. The van der Waals surface area contributed by atoms with Crippen LogP contribution in [0.4, 0.5) is 5.88 Å². The number of hydrogen-bond acceptors (Lipinski definition) is 6. The zero-order valence-corrected chi connectivity index (χ0v) is 15.0. The van der Waals surface area contributed by atoms with Crippen LogP contribution in [0.3, 0.4) is 0 Å². The Labute approximate surface area is 159 Å². The second-order valence-electron chi connectivity index (χ2n) is 5.84. The number of nitrogens with two attached hydrogens (primary N) is 1. The molecular weight excluding hydrogens is 360 g/mol. The minimum atomic E-state index is -0.364. The van der Waals surface area contributed by atoms with E-state index in [0.29, 0.717) is 10.7 Å². The van der Waals surface area contributed by atoms with E-state index in [1.807, 2.05) is 60.7 Å². The SMILES string of the molecule is Nc1onc(-c2nccs2)c1C(=O)NC(c1ccccc1)c1ccccc1. The Balaban J connectivity index is 1.71. The zero-order valence-electron chi connectivity index (χ0n) is 14.2. The van der Waals surface area contributed by atoms with E-state index in [2.05, 4.69) is 15.5 Å². The van der Waals surface area contributed by atoms with Gasteiger partial charge in [0.05, 0.1) is 6.04 Å². The van der Waals surface area contributed by atoms with Gasteiger partial charge < -0.3 is 15.6 Å². The topological polar surface area (TPSA) is 94.0 Å². The van der Waals surface area contributed by atoms with Crippen molar-refractivity contribution < 1.29 is 9.32 Å². The summed E-state index contributed by atoms with van der Waals surface area (Å²) in [5.74, 6) is -0.394. The van der Waals surface area contributed by atoms with Crippen molar-refractivity contribution >= 4 is 23.1 Å². The molecule has 0 saturated carbocycles. The molecule has 1 amide bonds. The van der Waals surface area contributed by atoms with Crippen LogP contribution in [0.5, 0.6) is 0 Å². The normalized spacial score (nSPS) is 10.9. The van der Waals surface area contributed by atoms with Gasteiger partial charge >= 0.3 is 0 Å². The number of rotatable bonds is 5. The van der Waals surface area contributed by atoms with E-state index in [4.69, 9.17) is 10.3 Å². The monoisotopic (exact) mass is 376 g/mol. The molecule has 0 fully saturated rings. The van der Waals surface area contributed by atoms with Gasteiger partial charge in [-0.15, -0.1) is 11.3 Å². The molecule has 134 valence electrons. The van der Waals surface area contributed by atoms with Crippen molar-refractivity contribution in [2.75, 3.05) is 5.73 Å². The molecular formula is C20H16N4O2S. The predicted molar refractivity (Wildman–Crippen MR) is 104 cm³/mol. The number of carbonyl (C=O) groups is 1. The van der Waals surface area contributed by atoms with E-state index in [9.17, 15) is 4.79 Å². The highest BCUT2D eigenvalue weighted by Gasteiger charge is 2.26. The van der Waals surface area contributed by atoms with Gasteiger partial charge in [-0.25, -0.2) is 4.98 Å². The van der Waals surface area contributed by atoms with Gasteiger partial charge in [-0.05, 0) is 11.1 Å². The zero-order chi connectivity index (χ0) is 18.6. The van der Waals surface area contributed by atoms with E-state index in [1.165, 1.54) is 11.3 Å². The standard InChI is InChI=1S/C20H16N4O2S/c21-18-15(17(24-26-18)20-22-11-12-27-20)19(25)23-16(13-7-3-1-4-8-13)14-9-5-2-6-10-14/h1-12,16H,21H2,(H,23,25). The van der Waals surface area contributed by atoms with Gasteiger partial charge in [-0.3, -0.25) is 4.79 Å². The molecule has 0 unspecified atom stereocenters. The van der Waals surface area contributed by atoms with Gasteiger partial charge in [-0.2, -0.15) is 0 Å². The average Bonchev–Trinajstić information content (AvgIpc) is 3.37. The van der Waals surface area contributed by atoms with E-state index >= 15 is 0 Å². The molecule has 4 aromatic rings. The Bertz CT molecular complexity index is 991. The molecule has 0 radical (unpaired) electrons. The molecule has 6 nitrogen and oxygen atoms in total. The molecule has 0 atom stereocenters. The van der Waals surface area contributed by atoms with Gasteiger partial charge in [0.15, 0.2) is 5.69 Å². The predicted octanol–water partition coefficient (Wildman–Crippen LogP) is 3.90. The molecule has 7 heteroatoms. The van der Waals surface area contributed by atoms with E-state index in [0.717, 1.165) is 11.1 Å². The molecule has 0 aliphatic carbocycles. The minimum Gasteiger partial charge on any atom is -0.367 e. The third-order valence-electron chi connectivity index (χ3n) is 4.12. The molecule has 2 aromatic carbocycles. The van der Waals surface area contributed by atoms with Crippen molar-refractivity contribution in [3.63, 3.8) is 0 Å². The summed E-state index contributed by atoms with van der Waals surface area (Å²) < 4.78 is 5.07. The molecule has 2 heterocycles. The number of aromatic nitrogens is 2. The Morgan fingerprint density at radius 1 is 1.04 bits per heavy atom. The molecule has 0 spiro atoms. The summed E-state index contributed by atoms with van der Waals surface area (Å²) >= 11 is 1.36. The third kappa shape index (κ3) is 3.45. The number of nitrogens with zero attached hydrogens (tertiary/aromatic N) is 2. The molecule has 4 rings (SSSR count). The highest BCUT2D eigenvalue weighted by molar-refractivity contribution is 7.13. The summed E-state index contributed by atoms with van der Waals surface area (Å²) in [6, 6.07) is 19.2. The van der Waals surface area contributed by atoms with Gasteiger partial charge in [0.25, 0.3) is 5.91 Å². The highest BCUT2D eigenvalue weighted by Crippen LogP contribution is 2.30. The van der Waals surface area contributed by atoms with Crippen molar-refractivity contribution in [3.8, 4) is 10.7 Å². The average molecular weight is 376 g/mol. The molecule has 0 bridgehead atoms. The van der Waals surface area contributed by atoms with E-state index in [1.54, 1.807) is 11.6 Å². The number of benzene rings is 2. The number of amides is 1. The highest BCUT2D eigenvalue weighted by atomic mass is 32.1.